The zero-order valence-electron chi connectivity index (χ0n) is 14.8. The molecule has 0 saturated carbocycles. The summed E-state index contributed by atoms with van der Waals surface area (Å²) in [6, 6.07) is 0.0550. The second-order valence-corrected chi connectivity index (χ2v) is 10.5. The Morgan fingerprint density at radius 3 is 2.88 bits per heavy atom. The molecule has 25 heavy (non-hydrogen) atoms. The molecule has 2 heterocycles. The number of sulfone groups is 1. The van der Waals surface area contributed by atoms with Crippen molar-refractivity contribution in [3.8, 4) is 0 Å². The molecule has 1 N–H and O–H groups in total. The molecule has 1 aromatic heterocycles. The highest BCUT2D eigenvalue weighted by Crippen LogP contribution is 2.26. The topological polar surface area (TPSA) is 79.4 Å². The first-order valence-corrected chi connectivity index (χ1v) is 11.7. The lowest BCUT2D eigenvalue weighted by Crippen LogP contribution is -2.36. The Labute approximate surface area is 153 Å². The Bertz CT molecular complexity index is 691. The predicted molar refractivity (Wildman–Crippen MR) is 99.8 cm³/mol. The van der Waals surface area contributed by atoms with Crippen molar-refractivity contribution in [2.75, 3.05) is 31.6 Å². The number of aryl methyl sites for hydroxylation is 2. The van der Waals surface area contributed by atoms with E-state index in [1.165, 1.54) is 23.4 Å². The van der Waals surface area contributed by atoms with Gasteiger partial charge in [0.2, 0.25) is 5.91 Å². The van der Waals surface area contributed by atoms with Gasteiger partial charge in [-0.2, -0.15) is 0 Å². The van der Waals surface area contributed by atoms with Crippen molar-refractivity contribution in [2.24, 2.45) is 0 Å². The molecule has 1 aromatic rings. The molecule has 2 aliphatic rings. The maximum absolute atomic E-state index is 12.0. The number of carbonyl (C=O) groups is 1. The van der Waals surface area contributed by atoms with Crippen molar-refractivity contribution in [1.82, 2.24) is 15.2 Å². The molecule has 0 bridgehead atoms. The lowest BCUT2D eigenvalue weighted by Gasteiger charge is -2.22. The fraction of sp³-hybridized carbons (Fsp3) is 0.765. The quantitative estimate of drug-likeness (QED) is 0.763. The molecule has 0 spiro atoms. The minimum absolute atomic E-state index is 0.0222. The van der Waals surface area contributed by atoms with Crippen LogP contribution in [-0.4, -0.2) is 61.9 Å². The number of carbonyl (C=O) groups excluding carboxylic acids is 1. The molecule has 0 aromatic carbocycles. The number of thiazole rings is 1. The van der Waals surface area contributed by atoms with Gasteiger partial charge in [-0.25, -0.2) is 13.4 Å². The minimum Gasteiger partial charge on any atom is -0.356 e. The highest BCUT2D eigenvalue weighted by Gasteiger charge is 2.30. The maximum Gasteiger partial charge on any atom is 0.221 e. The number of hydrogen-bond acceptors (Lipinski definition) is 6. The maximum atomic E-state index is 12.0. The van der Waals surface area contributed by atoms with Gasteiger partial charge in [-0.05, 0) is 39.2 Å². The SMILES string of the molecule is CN(CCC(=O)NCCc1nc2c(s1)CCCC2)C1CCS(=O)(=O)C1. The molecule has 1 unspecified atom stereocenters. The summed E-state index contributed by atoms with van der Waals surface area (Å²) in [6.07, 6.45) is 6.63. The van der Waals surface area contributed by atoms with Crippen molar-refractivity contribution in [2.45, 2.75) is 51.0 Å². The van der Waals surface area contributed by atoms with Crippen LogP contribution in [0.25, 0.3) is 0 Å². The zero-order valence-corrected chi connectivity index (χ0v) is 16.4. The van der Waals surface area contributed by atoms with Crippen LogP contribution in [0.1, 0.15) is 41.3 Å². The van der Waals surface area contributed by atoms with Crippen molar-refractivity contribution in [3.05, 3.63) is 15.6 Å². The van der Waals surface area contributed by atoms with Crippen molar-refractivity contribution >= 4 is 27.1 Å². The predicted octanol–water partition coefficient (Wildman–Crippen LogP) is 1.19. The van der Waals surface area contributed by atoms with Gasteiger partial charge < -0.3 is 10.2 Å². The number of rotatable bonds is 7. The summed E-state index contributed by atoms with van der Waals surface area (Å²) in [6.45, 7) is 1.21. The fourth-order valence-corrected chi connectivity index (χ4v) is 6.45. The molecule has 1 aliphatic heterocycles. The summed E-state index contributed by atoms with van der Waals surface area (Å²) in [4.78, 5) is 20.1. The summed E-state index contributed by atoms with van der Waals surface area (Å²) in [5.41, 5.74) is 1.27. The van der Waals surface area contributed by atoms with Crippen molar-refractivity contribution < 1.29 is 13.2 Å². The molecule has 1 aliphatic carbocycles. The van der Waals surface area contributed by atoms with Gasteiger partial charge in [0.1, 0.15) is 0 Å². The number of nitrogens with one attached hydrogen (secondary N) is 1. The Morgan fingerprint density at radius 1 is 1.36 bits per heavy atom. The van der Waals surface area contributed by atoms with E-state index in [1.807, 2.05) is 11.9 Å². The van der Waals surface area contributed by atoms with E-state index in [-0.39, 0.29) is 23.5 Å². The molecule has 8 heteroatoms. The van der Waals surface area contributed by atoms with Crippen LogP contribution in [0.3, 0.4) is 0 Å². The first kappa shape index (κ1) is 18.8. The molecular weight excluding hydrogens is 358 g/mol. The molecule has 1 saturated heterocycles. The van der Waals surface area contributed by atoms with Gasteiger partial charge in [0, 0.05) is 36.9 Å². The fourth-order valence-electron chi connectivity index (χ4n) is 3.49. The first-order chi connectivity index (χ1) is 11.9. The Kier molecular flexibility index (Phi) is 6.12. The van der Waals surface area contributed by atoms with Crippen molar-refractivity contribution in [3.63, 3.8) is 0 Å². The second kappa shape index (κ2) is 8.14. The standard InChI is InChI=1S/C17H27N3O3S2/c1-20(13-8-11-25(22,23)12-13)10-7-16(21)18-9-6-17-19-14-4-2-3-5-15(14)24-17/h13H,2-12H2,1H3,(H,18,21). The average Bonchev–Trinajstić information content (AvgIpc) is 3.15. The third-order valence-corrected chi connectivity index (χ3v) is 8.04. The van der Waals surface area contributed by atoms with Gasteiger partial charge in [-0.15, -0.1) is 11.3 Å². The summed E-state index contributed by atoms with van der Waals surface area (Å²) < 4.78 is 23.0. The third-order valence-electron chi connectivity index (χ3n) is 5.07. The number of hydrogen-bond donors (Lipinski definition) is 1. The van der Waals surface area contributed by atoms with Gasteiger partial charge in [0.25, 0.3) is 0 Å². The third kappa shape index (κ3) is 5.24. The van der Waals surface area contributed by atoms with Gasteiger partial charge in [0.05, 0.1) is 22.2 Å². The van der Waals surface area contributed by atoms with E-state index in [4.69, 9.17) is 0 Å². The lowest BCUT2D eigenvalue weighted by atomic mass is 10.0. The van der Waals surface area contributed by atoms with E-state index >= 15 is 0 Å². The molecule has 0 radical (unpaired) electrons. The van der Waals surface area contributed by atoms with Gasteiger partial charge >= 0.3 is 0 Å². The van der Waals surface area contributed by atoms with E-state index in [0.717, 1.165) is 24.3 Å². The Hall–Kier alpha value is -0.990. The average molecular weight is 386 g/mol. The highest BCUT2D eigenvalue weighted by atomic mass is 32.2. The number of aromatic nitrogens is 1. The molecule has 140 valence electrons. The van der Waals surface area contributed by atoms with E-state index in [9.17, 15) is 13.2 Å². The molecule has 1 fully saturated rings. The zero-order chi connectivity index (χ0) is 17.9. The Balaban J connectivity index is 1.35. The van der Waals surface area contributed by atoms with Gasteiger partial charge in [-0.1, -0.05) is 0 Å². The summed E-state index contributed by atoms with van der Waals surface area (Å²) >= 11 is 1.79. The van der Waals surface area contributed by atoms with E-state index in [2.05, 4.69) is 10.3 Å². The molecule has 3 rings (SSSR count). The van der Waals surface area contributed by atoms with Crippen molar-refractivity contribution in [1.29, 1.82) is 0 Å². The van der Waals surface area contributed by atoms with Gasteiger partial charge in [-0.3, -0.25) is 4.79 Å². The molecule has 1 atom stereocenters. The summed E-state index contributed by atoms with van der Waals surface area (Å²) in [5.74, 6) is 0.514. The van der Waals surface area contributed by atoms with Crippen LogP contribution in [0.4, 0.5) is 0 Å². The minimum atomic E-state index is -2.87. The number of nitrogens with zero attached hydrogens (tertiary/aromatic N) is 2. The second-order valence-electron chi connectivity index (χ2n) is 7.07. The van der Waals surface area contributed by atoms with Crippen LogP contribution in [0, 0.1) is 0 Å². The van der Waals surface area contributed by atoms with E-state index < -0.39 is 9.84 Å². The lowest BCUT2D eigenvalue weighted by molar-refractivity contribution is -0.121. The van der Waals surface area contributed by atoms with Crippen LogP contribution in [-0.2, 0) is 33.9 Å². The van der Waals surface area contributed by atoms with E-state index in [1.54, 1.807) is 11.3 Å². The normalized spacial score (nSPS) is 22.1. The first-order valence-electron chi connectivity index (χ1n) is 9.08. The monoisotopic (exact) mass is 385 g/mol. The van der Waals surface area contributed by atoms with Crippen LogP contribution in [0.2, 0.25) is 0 Å². The van der Waals surface area contributed by atoms with E-state index in [0.29, 0.717) is 25.9 Å². The van der Waals surface area contributed by atoms with Crippen LogP contribution in [0.5, 0.6) is 0 Å². The Morgan fingerprint density at radius 2 is 2.16 bits per heavy atom. The van der Waals surface area contributed by atoms with Crippen LogP contribution >= 0.6 is 11.3 Å². The van der Waals surface area contributed by atoms with Gasteiger partial charge in [0.15, 0.2) is 9.84 Å². The van der Waals surface area contributed by atoms with Crippen LogP contribution < -0.4 is 5.32 Å². The molecular formula is C17H27N3O3S2. The highest BCUT2D eigenvalue weighted by molar-refractivity contribution is 7.91. The molecule has 1 amide bonds. The summed E-state index contributed by atoms with van der Waals surface area (Å²) in [5, 5.41) is 4.08. The number of amides is 1. The number of fused-ring (bicyclic) bond motifs is 1. The van der Waals surface area contributed by atoms with Crippen LogP contribution in [0.15, 0.2) is 0 Å². The molecule has 6 nitrogen and oxygen atoms in total. The largest absolute Gasteiger partial charge is 0.356 e. The smallest absolute Gasteiger partial charge is 0.221 e. The summed E-state index contributed by atoms with van der Waals surface area (Å²) in [7, 11) is -0.972.